The predicted octanol–water partition coefficient (Wildman–Crippen LogP) is 4.23. The number of halogens is 2. The zero-order valence-corrected chi connectivity index (χ0v) is 16.5. The highest BCUT2D eigenvalue weighted by molar-refractivity contribution is 7.55. The topological polar surface area (TPSA) is 89.8 Å². The van der Waals surface area contributed by atoms with Crippen LogP contribution in [-0.2, 0) is 13.9 Å². The number of nitrogens with zero attached hydrogens (tertiary/aromatic N) is 2. The third-order valence-electron chi connectivity index (χ3n) is 3.47. The molecule has 25 heavy (non-hydrogen) atoms. The minimum atomic E-state index is -3.27. The highest BCUT2D eigenvalue weighted by atomic mass is 35.5. The normalized spacial score (nSPS) is 14.9. The van der Waals surface area contributed by atoms with Gasteiger partial charge in [0.05, 0.1) is 11.0 Å². The molecule has 1 aromatic rings. The van der Waals surface area contributed by atoms with Crippen molar-refractivity contribution in [2.75, 3.05) is 31.5 Å². The molecular weight excluding hydrogens is 390 g/mol. The van der Waals surface area contributed by atoms with E-state index in [0.717, 1.165) is 0 Å². The van der Waals surface area contributed by atoms with Crippen molar-refractivity contribution < 1.29 is 18.8 Å². The molecule has 0 bridgehead atoms. The molecule has 0 aliphatic carbocycles. The molecule has 0 aromatic heterocycles. The largest absolute Gasteiger partial charge is 0.309 e. The van der Waals surface area contributed by atoms with E-state index in [4.69, 9.17) is 27.7 Å². The standard InChI is InChI=1S/C15H21Cl2N2O5P/c1-12(20)11-15(13-3-5-14(6-4-13)19(21)22)24-25(2,23)18(9-7-16)10-8-17/h3-6,15H,7-11H2,1-2H3. The summed E-state index contributed by atoms with van der Waals surface area (Å²) < 4.78 is 20.3. The van der Waals surface area contributed by atoms with E-state index >= 15 is 0 Å². The number of hydrogen-bond acceptors (Lipinski definition) is 5. The van der Waals surface area contributed by atoms with Crippen molar-refractivity contribution in [1.29, 1.82) is 0 Å². The Bertz CT molecular complexity index is 635. The number of benzene rings is 1. The van der Waals surface area contributed by atoms with Crippen LogP contribution in [0, 0.1) is 10.1 Å². The number of carbonyl (C=O) groups is 1. The van der Waals surface area contributed by atoms with Crippen LogP contribution in [0.5, 0.6) is 0 Å². The van der Waals surface area contributed by atoms with Gasteiger partial charge in [0.1, 0.15) is 5.78 Å². The molecule has 0 radical (unpaired) electrons. The first-order chi connectivity index (χ1) is 11.7. The van der Waals surface area contributed by atoms with Gasteiger partial charge in [-0.1, -0.05) is 0 Å². The summed E-state index contributed by atoms with van der Waals surface area (Å²) in [7, 11) is -3.27. The van der Waals surface area contributed by atoms with E-state index in [2.05, 4.69) is 0 Å². The van der Waals surface area contributed by atoms with Crippen LogP contribution in [0.25, 0.3) is 0 Å². The fourth-order valence-corrected chi connectivity index (χ4v) is 4.63. The maximum atomic E-state index is 13.0. The van der Waals surface area contributed by atoms with Crippen LogP contribution in [-0.4, -0.2) is 46.9 Å². The van der Waals surface area contributed by atoms with Crippen LogP contribution in [0.3, 0.4) is 0 Å². The minimum Gasteiger partial charge on any atom is -0.309 e. The molecule has 0 amide bonds. The summed E-state index contributed by atoms with van der Waals surface area (Å²) in [6.45, 7) is 3.51. The molecule has 0 N–H and O–H groups in total. The smallest absolute Gasteiger partial charge is 0.270 e. The summed E-state index contributed by atoms with van der Waals surface area (Å²) in [5.41, 5.74) is 0.468. The molecule has 10 heteroatoms. The molecule has 0 fully saturated rings. The second kappa shape index (κ2) is 10.2. The number of alkyl halides is 2. The number of rotatable bonds is 11. The van der Waals surface area contributed by atoms with E-state index < -0.39 is 18.5 Å². The molecule has 2 atom stereocenters. The molecule has 0 saturated heterocycles. The summed E-state index contributed by atoms with van der Waals surface area (Å²) in [4.78, 5) is 21.8. The van der Waals surface area contributed by atoms with Gasteiger partial charge < -0.3 is 4.52 Å². The Morgan fingerprint density at radius 3 is 2.20 bits per heavy atom. The average molecular weight is 411 g/mol. The minimum absolute atomic E-state index is 0.00519. The Labute approximate surface area is 156 Å². The van der Waals surface area contributed by atoms with E-state index in [1.807, 2.05) is 0 Å². The van der Waals surface area contributed by atoms with Crippen LogP contribution in [0.2, 0.25) is 0 Å². The average Bonchev–Trinajstić information content (AvgIpc) is 2.53. The lowest BCUT2D eigenvalue weighted by molar-refractivity contribution is -0.384. The second-order valence-corrected chi connectivity index (χ2v) is 8.62. The lowest BCUT2D eigenvalue weighted by atomic mass is 10.0. The first-order valence-electron chi connectivity index (χ1n) is 7.58. The van der Waals surface area contributed by atoms with Gasteiger partial charge in [0.15, 0.2) is 0 Å². The fraction of sp³-hybridized carbons (Fsp3) is 0.533. The third-order valence-corrected chi connectivity index (χ3v) is 5.88. The number of non-ortho nitro benzene ring substituents is 1. The summed E-state index contributed by atoms with van der Waals surface area (Å²) in [6, 6.07) is 5.64. The highest BCUT2D eigenvalue weighted by Crippen LogP contribution is 2.51. The van der Waals surface area contributed by atoms with E-state index in [9.17, 15) is 19.5 Å². The Balaban J connectivity index is 3.07. The number of ketones is 1. The predicted molar refractivity (Wildman–Crippen MR) is 98.8 cm³/mol. The highest BCUT2D eigenvalue weighted by Gasteiger charge is 2.30. The SMILES string of the molecule is CC(=O)CC(OP(C)(=O)N(CCCl)CCCl)c1ccc([N+](=O)[O-])cc1. The number of nitro groups is 1. The van der Waals surface area contributed by atoms with Gasteiger partial charge in [0.25, 0.3) is 13.2 Å². The Morgan fingerprint density at radius 2 is 1.80 bits per heavy atom. The molecule has 1 aromatic carbocycles. The van der Waals surface area contributed by atoms with Gasteiger partial charge in [-0.05, 0) is 24.6 Å². The first-order valence-corrected chi connectivity index (χ1v) is 10.7. The number of carbonyl (C=O) groups excluding carboxylic acids is 1. The van der Waals surface area contributed by atoms with Gasteiger partial charge in [-0.15, -0.1) is 23.2 Å². The summed E-state index contributed by atoms with van der Waals surface area (Å²) in [6.07, 6.45) is -0.770. The summed E-state index contributed by atoms with van der Waals surface area (Å²) >= 11 is 11.5. The molecule has 0 saturated carbocycles. The molecule has 140 valence electrons. The zero-order valence-electron chi connectivity index (χ0n) is 14.1. The number of nitro benzene ring substituents is 1. The van der Waals surface area contributed by atoms with Crippen LogP contribution < -0.4 is 0 Å². The number of hydrogen-bond donors (Lipinski definition) is 0. The van der Waals surface area contributed by atoms with Gasteiger partial charge in [0, 0.05) is 50.1 Å². The van der Waals surface area contributed by atoms with Crippen molar-refractivity contribution in [3.8, 4) is 0 Å². The molecule has 0 spiro atoms. The van der Waals surface area contributed by atoms with Gasteiger partial charge in [0.2, 0.25) is 0 Å². The van der Waals surface area contributed by atoms with Crippen molar-refractivity contribution in [3.05, 3.63) is 39.9 Å². The maximum Gasteiger partial charge on any atom is 0.270 e. The molecule has 7 nitrogen and oxygen atoms in total. The quantitative estimate of drug-likeness (QED) is 0.234. The van der Waals surface area contributed by atoms with Gasteiger partial charge in [-0.3, -0.25) is 19.5 Å². The van der Waals surface area contributed by atoms with E-state index in [1.54, 1.807) is 4.67 Å². The van der Waals surface area contributed by atoms with Crippen molar-refractivity contribution in [2.45, 2.75) is 19.4 Å². The monoisotopic (exact) mass is 410 g/mol. The summed E-state index contributed by atoms with van der Waals surface area (Å²) in [5, 5.41) is 10.8. The van der Waals surface area contributed by atoms with Gasteiger partial charge in [-0.2, -0.15) is 0 Å². The molecular formula is C15H21Cl2N2O5P. The van der Waals surface area contributed by atoms with Crippen molar-refractivity contribution in [3.63, 3.8) is 0 Å². The van der Waals surface area contributed by atoms with E-state index in [1.165, 1.54) is 37.9 Å². The van der Waals surface area contributed by atoms with Crippen molar-refractivity contribution in [2.24, 2.45) is 0 Å². The Morgan fingerprint density at radius 1 is 1.28 bits per heavy atom. The van der Waals surface area contributed by atoms with Crippen LogP contribution >= 0.6 is 30.7 Å². The fourth-order valence-electron chi connectivity index (χ4n) is 2.26. The van der Waals surface area contributed by atoms with Gasteiger partial charge in [-0.25, -0.2) is 4.67 Å². The summed E-state index contributed by atoms with van der Waals surface area (Å²) in [5.74, 6) is 0.365. The Hall–Kier alpha value is -0.980. The lowest BCUT2D eigenvalue weighted by Crippen LogP contribution is -2.26. The van der Waals surface area contributed by atoms with Crippen molar-refractivity contribution in [1.82, 2.24) is 4.67 Å². The molecule has 1 rings (SSSR count). The molecule has 0 aliphatic heterocycles. The molecule has 2 unspecified atom stereocenters. The molecule has 0 heterocycles. The third kappa shape index (κ3) is 7.04. The maximum absolute atomic E-state index is 13.0. The van der Waals surface area contributed by atoms with Crippen LogP contribution in [0.1, 0.15) is 25.0 Å². The number of Topliss-reactive ketones (excluding diaryl/α,β-unsaturated/α-hetero) is 1. The lowest BCUT2D eigenvalue weighted by Gasteiger charge is -2.30. The van der Waals surface area contributed by atoms with Crippen LogP contribution in [0.4, 0.5) is 5.69 Å². The molecule has 0 aliphatic rings. The van der Waals surface area contributed by atoms with Crippen LogP contribution in [0.15, 0.2) is 24.3 Å². The van der Waals surface area contributed by atoms with Gasteiger partial charge >= 0.3 is 0 Å². The Kier molecular flexibility index (Phi) is 9.03. The first kappa shape index (κ1) is 22.1. The van der Waals surface area contributed by atoms with E-state index in [-0.39, 0.29) is 29.7 Å². The zero-order chi connectivity index (χ0) is 19.0. The van der Waals surface area contributed by atoms with Crippen molar-refractivity contribution >= 4 is 42.2 Å². The van der Waals surface area contributed by atoms with E-state index in [0.29, 0.717) is 18.7 Å². The second-order valence-electron chi connectivity index (χ2n) is 5.48.